The van der Waals surface area contributed by atoms with Crippen LogP contribution in [0.4, 0.5) is 0 Å². The molecule has 2 aromatic rings. The molecule has 0 spiro atoms. The molecule has 0 aliphatic heterocycles. The highest BCUT2D eigenvalue weighted by atomic mass is 32.2. The van der Waals surface area contributed by atoms with Gasteiger partial charge in [-0.05, 0) is 24.6 Å². The second kappa shape index (κ2) is 7.38. The topological polar surface area (TPSA) is 89.9 Å². The summed E-state index contributed by atoms with van der Waals surface area (Å²) in [5.41, 5.74) is 1.59. The second-order valence-corrected chi connectivity index (χ2v) is 8.32. The molecule has 0 saturated heterocycles. The first-order valence-electron chi connectivity index (χ1n) is 6.75. The van der Waals surface area contributed by atoms with Gasteiger partial charge in [-0.3, -0.25) is 8.75 Å². The van der Waals surface area contributed by atoms with E-state index in [0.29, 0.717) is 5.56 Å². The fraction of sp³-hybridized carbons (Fsp3) is 0.200. The van der Waals surface area contributed by atoms with Crippen molar-refractivity contribution >= 4 is 17.7 Å². The quantitative estimate of drug-likeness (QED) is 0.606. The standard InChI is InChI=1S/C15H17O6PS/c1-13-7-9-15(10-8-13)23(18,19)21-12-22(16,17)20-11-14-5-3-2-4-6-14/h2-10H,11-12H2,1H3,(H,16,17). The zero-order valence-corrected chi connectivity index (χ0v) is 14.2. The lowest BCUT2D eigenvalue weighted by atomic mass is 10.2. The molecule has 6 nitrogen and oxygen atoms in total. The summed E-state index contributed by atoms with van der Waals surface area (Å²) in [6.45, 7) is 1.71. The van der Waals surface area contributed by atoms with Crippen LogP contribution < -0.4 is 0 Å². The lowest BCUT2D eigenvalue weighted by Crippen LogP contribution is -2.09. The maximum Gasteiger partial charge on any atom is 0.355 e. The van der Waals surface area contributed by atoms with Gasteiger partial charge in [0.05, 0.1) is 11.5 Å². The highest BCUT2D eigenvalue weighted by Crippen LogP contribution is 2.43. The highest BCUT2D eigenvalue weighted by molar-refractivity contribution is 7.87. The Labute approximate surface area is 135 Å². The van der Waals surface area contributed by atoms with Crippen LogP contribution in [-0.2, 0) is 30.0 Å². The summed E-state index contributed by atoms with van der Waals surface area (Å²) < 4.78 is 45.3. The predicted molar refractivity (Wildman–Crippen MR) is 85.4 cm³/mol. The van der Waals surface area contributed by atoms with Crippen molar-refractivity contribution in [2.24, 2.45) is 0 Å². The summed E-state index contributed by atoms with van der Waals surface area (Å²) in [6.07, 6.45) is -0.934. The van der Waals surface area contributed by atoms with Crippen LogP contribution in [0.15, 0.2) is 59.5 Å². The summed E-state index contributed by atoms with van der Waals surface area (Å²) >= 11 is 0. The van der Waals surface area contributed by atoms with Gasteiger partial charge in [0.2, 0.25) is 0 Å². The summed E-state index contributed by atoms with van der Waals surface area (Å²) in [4.78, 5) is 9.60. The Bertz CT molecular complexity index is 786. The first-order chi connectivity index (χ1) is 10.8. The van der Waals surface area contributed by atoms with Crippen molar-refractivity contribution in [3.8, 4) is 0 Å². The molecule has 23 heavy (non-hydrogen) atoms. The highest BCUT2D eigenvalue weighted by Gasteiger charge is 2.25. The largest absolute Gasteiger partial charge is 0.355 e. The third-order valence-corrected chi connectivity index (χ3v) is 5.40. The Morgan fingerprint density at radius 1 is 1.04 bits per heavy atom. The van der Waals surface area contributed by atoms with E-state index in [4.69, 9.17) is 4.52 Å². The van der Waals surface area contributed by atoms with E-state index in [2.05, 4.69) is 4.18 Å². The summed E-state index contributed by atoms with van der Waals surface area (Å²) in [5.74, 6) is 0. The third-order valence-electron chi connectivity index (χ3n) is 2.96. The van der Waals surface area contributed by atoms with Crippen molar-refractivity contribution in [2.45, 2.75) is 18.4 Å². The average Bonchev–Trinajstić information content (AvgIpc) is 2.53. The molecule has 2 rings (SSSR count). The van der Waals surface area contributed by atoms with Crippen LogP contribution >= 0.6 is 7.60 Å². The molecule has 0 radical (unpaired) electrons. The van der Waals surface area contributed by atoms with Crippen LogP contribution in [0.3, 0.4) is 0 Å². The van der Waals surface area contributed by atoms with Gasteiger partial charge in [-0.25, -0.2) is 0 Å². The first kappa shape index (κ1) is 17.8. The molecule has 1 unspecified atom stereocenters. The molecule has 0 aliphatic rings. The number of benzene rings is 2. The van der Waals surface area contributed by atoms with Crippen molar-refractivity contribution in [2.75, 3.05) is 6.35 Å². The summed E-state index contributed by atoms with van der Waals surface area (Å²) in [7, 11) is -8.29. The van der Waals surface area contributed by atoms with Crippen LogP contribution in [0.2, 0.25) is 0 Å². The molecule has 0 aliphatic carbocycles. The Balaban J connectivity index is 1.95. The van der Waals surface area contributed by atoms with Crippen molar-refractivity contribution in [1.29, 1.82) is 0 Å². The van der Waals surface area contributed by atoms with Crippen LogP contribution in [0, 0.1) is 6.92 Å². The molecule has 8 heteroatoms. The van der Waals surface area contributed by atoms with Crippen LogP contribution in [0.1, 0.15) is 11.1 Å². The van der Waals surface area contributed by atoms with Gasteiger partial charge in [0.15, 0.2) is 6.35 Å². The molecular formula is C15H17O6PS. The molecule has 124 valence electrons. The lowest BCUT2D eigenvalue weighted by molar-refractivity contribution is 0.224. The Morgan fingerprint density at radius 3 is 2.26 bits per heavy atom. The van der Waals surface area contributed by atoms with Gasteiger partial charge >= 0.3 is 7.60 Å². The molecule has 0 fully saturated rings. The van der Waals surface area contributed by atoms with Crippen molar-refractivity contribution in [3.05, 3.63) is 65.7 Å². The van der Waals surface area contributed by atoms with E-state index < -0.39 is 24.1 Å². The van der Waals surface area contributed by atoms with Crippen LogP contribution in [0.5, 0.6) is 0 Å². The van der Waals surface area contributed by atoms with E-state index >= 15 is 0 Å². The molecule has 2 aromatic carbocycles. The SMILES string of the molecule is Cc1ccc(S(=O)(=O)OCP(=O)(O)OCc2ccccc2)cc1. The second-order valence-electron chi connectivity index (χ2n) is 4.91. The van der Waals surface area contributed by atoms with Gasteiger partial charge in [0.25, 0.3) is 10.1 Å². The van der Waals surface area contributed by atoms with Gasteiger partial charge < -0.3 is 9.42 Å². The van der Waals surface area contributed by atoms with Crippen molar-refractivity contribution in [1.82, 2.24) is 0 Å². The van der Waals surface area contributed by atoms with E-state index in [1.807, 2.05) is 6.92 Å². The van der Waals surface area contributed by atoms with Crippen molar-refractivity contribution < 1.29 is 26.6 Å². The molecule has 1 N–H and O–H groups in total. The molecule has 0 saturated carbocycles. The Kier molecular flexibility index (Phi) is 5.73. The monoisotopic (exact) mass is 356 g/mol. The van der Waals surface area contributed by atoms with Gasteiger partial charge in [0.1, 0.15) is 0 Å². The molecule has 0 bridgehead atoms. The van der Waals surface area contributed by atoms with Crippen molar-refractivity contribution in [3.63, 3.8) is 0 Å². The average molecular weight is 356 g/mol. The number of aryl methyl sites for hydroxylation is 1. The zero-order chi connectivity index (χ0) is 16.9. The van der Waals surface area contributed by atoms with E-state index in [1.54, 1.807) is 42.5 Å². The lowest BCUT2D eigenvalue weighted by Gasteiger charge is -2.12. The Hall–Kier alpha value is -1.50. The fourth-order valence-corrected chi connectivity index (χ4v) is 3.81. The third kappa shape index (κ3) is 5.57. The van der Waals surface area contributed by atoms with Gasteiger partial charge in [0, 0.05) is 0 Å². The molecular weight excluding hydrogens is 339 g/mol. The summed E-state index contributed by atoms with van der Waals surface area (Å²) in [5, 5.41) is 0. The molecule has 1 atom stereocenters. The van der Waals surface area contributed by atoms with Crippen LogP contribution in [-0.4, -0.2) is 19.7 Å². The number of hydrogen-bond donors (Lipinski definition) is 1. The minimum Gasteiger partial charge on any atom is -0.323 e. The van der Waals surface area contributed by atoms with Gasteiger partial charge in [-0.2, -0.15) is 8.42 Å². The van der Waals surface area contributed by atoms with E-state index in [1.165, 1.54) is 12.1 Å². The normalized spacial score (nSPS) is 14.3. The Morgan fingerprint density at radius 2 is 1.65 bits per heavy atom. The number of rotatable bonds is 7. The maximum absolute atomic E-state index is 12.0. The minimum absolute atomic E-state index is 0.0776. The van der Waals surface area contributed by atoms with E-state index in [0.717, 1.165) is 5.56 Å². The molecule has 0 amide bonds. The van der Waals surface area contributed by atoms with E-state index in [9.17, 15) is 17.9 Å². The first-order valence-corrected chi connectivity index (χ1v) is 9.92. The zero-order valence-electron chi connectivity index (χ0n) is 12.5. The molecule has 0 heterocycles. The van der Waals surface area contributed by atoms with E-state index in [-0.39, 0.29) is 11.5 Å². The maximum atomic E-state index is 12.0. The van der Waals surface area contributed by atoms with Gasteiger partial charge in [-0.15, -0.1) is 0 Å². The number of hydrogen-bond acceptors (Lipinski definition) is 5. The molecule has 0 aromatic heterocycles. The van der Waals surface area contributed by atoms with Crippen LogP contribution in [0.25, 0.3) is 0 Å². The van der Waals surface area contributed by atoms with Gasteiger partial charge in [-0.1, -0.05) is 48.0 Å². The summed E-state index contributed by atoms with van der Waals surface area (Å²) in [6, 6.07) is 14.8. The fourth-order valence-electron chi connectivity index (χ4n) is 1.70. The predicted octanol–water partition coefficient (Wildman–Crippen LogP) is 3.06. The minimum atomic E-state index is -4.19. The smallest absolute Gasteiger partial charge is 0.323 e.